The van der Waals surface area contributed by atoms with Crippen molar-refractivity contribution in [3.63, 3.8) is 0 Å². The van der Waals surface area contributed by atoms with E-state index < -0.39 is 16.6 Å². The first kappa shape index (κ1) is 32.3. The molecule has 4 nitrogen and oxygen atoms in total. The smallest absolute Gasteiger partial charge is 0.305 e. The molecule has 0 rings (SSSR count). The third kappa shape index (κ3) is 25.8. The molecule has 0 bridgehead atoms. The molecule has 0 spiro atoms. The number of ether oxygens (including phenoxy) is 1. The summed E-state index contributed by atoms with van der Waals surface area (Å²) in [5.74, 6) is -0.113. The molecular formula is C27H54O4Si2. The zero-order valence-electron chi connectivity index (χ0n) is 22.9. The summed E-state index contributed by atoms with van der Waals surface area (Å²) in [6.07, 6.45) is 22.5. The lowest BCUT2D eigenvalue weighted by Gasteiger charge is -2.28. The molecule has 0 heterocycles. The van der Waals surface area contributed by atoms with Crippen molar-refractivity contribution in [2.24, 2.45) is 0 Å². The van der Waals surface area contributed by atoms with Gasteiger partial charge in [-0.25, -0.2) is 0 Å². The second kappa shape index (κ2) is 19.6. The molecule has 0 aromatic carbocycles. The Morgan fingerprint density at radius 2 is 1.30 bits per heavy atom. The monoisotopic (exact) mass is 498 g/mol. The summed E-state index contributed by atoms with van der Waals surface area (Å²) in [5, 5.41) is 0. The molecule has 0 saturated carbocycles. The molecule has 33 heavy (non-hydrogen) atoms. The molecule has 0 fully saturated rings. The van der Waals surface area contributed by atoms with E-state index in [9.17, 15) is 4.79 Å². The standard InChI is InChI=1S/C27H54O4Si2/c1-8-9-10-11-12-13-14-15-16-17-18-19-20-21-22-23-27(28)29-24-26(31-33(5,6)7)25-30-32(2,3)4/h12-13,15-16,26H,8-11,14,17-25H2,1-7H3/b13-12+,16-15+. The SMILES string of the molecule is CCCCC/C=C/C/C=C/CCCCCCCC(=O)OCC(CO[Si](C)(C)C)O[Si](C)(C)C. The van der Waals surface area contributed by atoms with E-state index in [1.807, 2.05) is 0 Å². The van der Waals surface area contributed by atoms with E-state index >= 15 is 0 Å². The average Bonchev–Trinajstić information content (AvgIpc) is 2.71. The predicted octanol–water partition coefficient (Wildman–Crippen LogP) is 8.41. The molecule has 194 valence electrons. The fraction of sp³-hybridized carbons (Fsp3) is 0.815. The first-order chi connectivity index (χ1) is 15.5. The Morgan fingerprint density at radius 3 is 1.88 bits per heavy atom. The van der Waals surface area contributed by atoms with Crippen LogP contribution in [0.25, 0.3) is 0 Å². The first-order valence-electron chi connectivity index (χ1n) is 13.3. The van der Waals surface area contributed by atoms with Crippen LogP contribution in [0.5, 0.6) is 0 Å². The van der Waals surface area contributed by atoms with E-state index in [0.717, 1.165) is 25.7 Å². The van der Waals surface area contributed by atoms with Gasteiger partial charge in [-0.3, -0.25) is 4.79 Å². The maximum Gasteiger partial charge on any atom is 0.305 e. The van der Waals surface area contributed by atoms with Gasteiger partial charge in [0.1, 0.15) is 12.7 Å². The molecule has 0 N–H and O–H groups in total. The molecular weight excluding hydrogens is 444 g/mol. The zero-order chi connectivity index (χ0) is 25.0. The zero-order valence-corrected chi connectivity index (χ0v) is 24.9. The third-order valence-electron chi connectivity index (χ3n) is 4.98. The number of hydrogen-bond donors (Lipinski definition) is 0. The molecule has 0 aromatic rings. The summed E-state index contributed by atoms with van der Waals surface area (Å²) < 4.78 is 17.7. The molecule has 6 heteroatoms. The summed E-state index contributed by atoms with van der Waals surface area (Å²) in [6, 6.07) is 0. The Kier molecular flexibility index (Phi) is 19.2. The lowest BCUT2D eigenvalue weighted by Crippen LogP contribution is -2.40. The van der Waals surface area contributed by atoms with Crippen LogP contribution in [0.3, 0.4) is 0 Å². The third-order valence-corrected chi connectivity index (χ3v) is 7.06. The van der Waals surface area contributed by atoms with Crippen molar-refractivity contribution in [2.45, 2.75) is 129 Å². The van der Waals surface area contributed by atoms with E-state index in [-0.39, 0.29) is 12.1 Å². The van der Waals surface area contributed by atoms with Crippen LogP contribution >= 0.6 is 0 Å². The minimum absolute atomic E-state index is 0.113. The van der Waals surface area contributed by atoms with Crippen molar-refractivity contribution in [3.05, 3.63) is 24.3 Å². The van der Waals surface area contributed by atoms with Gasteiger partial charge in [0.05, 0.1) is 6.61 Å². The first-order valence-corrected chi connectivity index (χ1v) is 20.1. The van der Waals surface area contributed by atoms with E-state index in [1.54, 1.807) is 0 Å². The largest absolute Gasteiger partial charge is 0.463 e. The number of rotatable bonds is 21. The quantitative estimate of drug-likeness (QED) is 0.0689. The van der Waals surface area contributed by atoms with Crippen molar-refractivity contribution in [3.8, 4) is 0 Å². The van der Waals surface area contributed by atoms with Crippen molar-refractivity contribution < 1.29 is 18.4 Å². The van der Waals surface area contributed by atoms with Gasteiger partial charge in [-0.15, -0.1) is 0 Å². The maximum absolute atomic E-state index is 12.1. The molecule has 0 aliphatic carbocycles. The maximum atomic E-state index is 12.1. The summed E-state index contributed by atoms with van der Waals surface area (Å²) in [6.45, 7) is 16.0. The summed E-state index contributed by atoms with van der Waals surface area (Å²) in [7, 11) is -3.33. The van der Waals surface area contributed by atoms with Crippen LogP contribution in [0.15, 0.2) is 24.3 Å². The Balaban J connectivity index is 3.79. The second-order valence-corrected chi connectivity index (χ2v) is 19.9. The van der Waals surface area contributed by atoms with Crippen LogP contribution < -0.4 is 0 Å². The van der Waals surface area contributed by atoms with Crippen molar-refractivity contribution >= 4 is 22.6 Å². The van der Waals surface area contributed by atoms with E-state index in [4.69, 9.17) is 13.6 Å². The van der Waals surface area contributed by atoms with Gasteiger partial charge in [0.15, 0.2) is 16.6 Å². The van der Waals surface area contributed by atoms with Gasteiger partial charge in [-0.1, -0.05) is 63.3 Å². The van der Waals surface area contributed by atoms with E-state index in [0.29, 0.717) is 19.6 Å². The van der Waals surface area contributed by atoms with E-state index in [1.165, 1.54) is 44.9 Å². The number of hydrogen-bond acceptors (Lipinski definition) is 4. The number of carbonyl (C=O) groups excluding carboxylic acids is 1. The van der Waals surface area contributed by atoms with E-state index in [2.05, 4.69) is 70.5 Å². The highest BCUT2D eigenvalue weighted by Crippen LogP contribution is 2.13. The van der Waals surface area contributed by atoms with Gasteiger partial charge in [-0.05, 0) is 77.8 Å². The Hall–Kier alpha value is -0.696. The number of unbranched alkanes of at least 4 members (excludes halogenated alkanes) is 8. The van der Waals surface area contributed by atoms with Crippen LogP contribution in [0.4, 0.5) is 0 Å². The highest BCUT2D eigenvalue weighted by atomic mass is 28.4. The van der Waals surface area contributed by atoms with Crippen LogP contribution in [-0.4, -0.2) is 41.9 Å². The lowest BCUT2D eigenvalue weighted by molar-refractivity contribution is -0.146. The minimum Gasteiger partial charge on any atom is -0.463 e. The normalized spacial score (nSPS) is 13.8. The fourth-order valence-corrected chi connectivity index (χ4v) is 5.12. The number of allylic oxidation sites excluding steroid dienone is 4. The lowest BCUT2D eigenvalue weighted by atomic mass is 10.1. The molecule has 0 amide bonds. The number of esters is 1. The highest BCUT2D eigenvalue weighted by Gasteiger charge is 2.25. The van der Waals surface area contributed by atoms with Crippen LogP contribution in [0.2, 0.25) is 39.3 Å². The average molecular weight is 499 g/mol. The molecule has 0 aliphatic rings. The Labute approximate surface area is 207 Å². The molecule has 1 unspecified atom stereocenters. The summed E-state index contributed by atoms with van der Waals surface area (Å²) in [5.41, 5.74) is 0. The van der Waals surface area contributed by atoms with Gasteiger partial charge in [0.25, 0.3) is 0 Å². The topological polar surface area (TPSA) is 44.8 Å². The van der Waals surface area contributed by atoms with Crippen LogP contribution in [-0.2, 0) is 18.4 Å². The predicted molar refractivity (Wildman–Crippen MR) is 148 cm³/mol. The van der Waals surface area contributed by atoms with Crippen LogP contribution in [0, 0.1) is 0 Å². The van der Waals surface area contributed by atoms with Gasteiger partial charge < -0.3 is 13.6 Å². The van der Waals surface area contributed by atoms with Gasteiger partial charge >= 0.3 is 5.97 Å². The number of carbonyl (C=O) groups is 1. The van der Waals surface area contributed by atoms with Crippen molar-refractivity contribution in [1.82, 2.24) is 0 Å². The molecule has 1 atom stereocenters. The molecule has 0 aromatic heterocycles. The highest BCUT2D eigenvalue weighted by molar-refractivity contribution is 6.70. The molecule has 0 aliphatic heterocycles. The van der Waals surface area contributed by atoms with Crippen LogP contribution in [0.1, 0.15) is 84.0 Å². The van der Waals surface area contributed by atoms with Gasteiger partial charge in [-0.2, -0.15) is 0 Å². The Bertz CT molecular complexity index is 533. The second-order valence-electron chi connectivity index (χ2n) is 10.9. The minimum atomic E-state index is -1.72. The summed E-state index contributed by atoms with van der Waals surface area (Å²) >= 11 is 0. The Morgan fingerprint density at radius 1 is 0.727 bits per heavy atom. The molecule has 0 radical (unpaired) electrons. The van der Waals surface area contributed by atoms with Gasteiger partial charge in [0.2, 0.25) is 0 Å². The van der Waals surface area contributed by atoms with Gasteiger partial charge in [0, 0.05) is 6.42 Å². The summed E-state index contributed by atoms with van der Waals surface area (Å²) in [4.78, 5) is 12.1. The fourth-order valence-electron chi connectivity index (χ4n) is 3.30. The molecule has 0 saturated heterocycles. The van der Waals surface area contributed by atoms with Crippen molar-refractivity contribution in [2.75, 3.05) is 13.2 Å². The van der Waals surface area contributed by atoms with Crippen molar-refractivity contribution in [1.29, 1.82) is 0 Å².